The number of halogens is 2. The minimum atomic E-state index is -0.487. The van der Waals surface area contributed by atoms with Gasteiger partial charge in [-0.25, -0.2) is 0 Å². The van der Waals surface area contributed by atoms with Gasteiger partial charge in [0, 0.05) is 11.3 Å². The van der Waals surface area contributed by atoms with Crippen molar-refractivity contribution in [2.24, 2.45) is 0 Å². The molecule has 0 aromatic carbocycles. The Kier molecular flexibility index (Phi) is 2.78. The van der Waals surface area contributed by atoms with Gasteiger partial charge in [0.25, 0.3) is 0 Å². The summed E-state index contributed by atoms with van der Waals surface area (Å²) in [7, 11) is 0. The van der Waals surface area contributed by atoms with Crippen LogP contribution in [0, 0.1) is 0 Å². The monoisotopic (exact) mass is 154 g/mol. The highest BCUT2D eigenvalue weighted by atomic mass is 35.5. The van der Waals surface area contributed by atoms with Crippen LogP contribution in [0.3, 0.4) is 0 Å². The summed E-state index contributed by atoms with van der Waals surface area (Å²) in [6.45, 7) is 3.49. The van der Waals surface area contributed by atoms with E-state index < -0.39 is 4.87 Å². The summed E-state index contributed by atoms with van der Waals surface area (Å²) in [6.07, 6.45) is 0.218. The topological polar surface area (TPSA) is 17.1 Å². The van der Waals surface area contributed by atoms with Crippen molar-refractivity contribution in [2.75, 3.05) is 0 Å². The van der Waals surface area contributed by atoms with Gasteiger partial charge in [0.15, 0.2) is 0 Å². The highest BCUT2D eigenvalue weighted by Crippen LogP contribution is 2.18. The first-order valence-corrected chi connectivity index (χ1v) is 3.05. The molecule has 3 heteroatoms. The van der Waals surface area contributed by atoms with Gasteiger partial charge in [0.05, 0.1) is 0 Å². The second-order valence-electron chi connectivity index (χ2n) is 2.25. The van der Waals surface area contributed by atoms with Crippen molar-refractivity contribution >= 4 is 28.4 Å². The number of rotatable bonds is 2. The first-order chi connectivity index (χ1) is 3.42. The van der Waals surface area contributed by atoms with Gasteiger partial charge >= 0.3 is 0 Å². The summed E-state index contributed by atoms with van der Waals surface area (Å²) in [6, 6.07) is 0. The minimum Gasteiger partial charge on any atom is -0.281 e. The molecule has 0 aliphatic carbocycles. The van der Waals surface area contributed by atoms with E-state index in [-0.39, 0.29) is 11.7 Å². The number of carbonyl (C=O) groups excluding carboxylic acids is 1. The Morgan fingerprint density at radius 2 is 2.00 bits per heavy atom. The van der Waals surface area contributed by atoms with E-state index in [1.165, 1.54) is 0 Å². The first-order valence-electron chi connectivity index (χ1n) is 2.29. The molecule has 0 bridgehead atoms. The van der Waals surface area contributed by atoms with Crippen molar-refractivity contribution in [3.05, 3.63) is 0 Å². The van der Waals surface area contributed by atoms with Crippen molar-refractivity contribution in [2.45, 2.75) is 25.1 Å². The van der Waals surface area contributed by atoms with E-state index >= 15 is 0 Å². The molecule has 1 nitrogen and oxygen atoms in total. The van der Waals surface area contributed by atoms with Crippen LogP contribution in [0.1, 0.15) is 20.3 Å². The Bertz CT molecular complexity index is 93.1. The molecule has 0 aromatic rings. The summed E-state index contributed by atoms with van der Waals surface area (Å²) in [5.74, 6) is 0. The summed E-state index contributed by atoms with van der Waals surface area (Å²) in [5, 5.41) is -0.384. The lowest BCUT2D eigenvalue weighted by Gasteiger charge is -2.10. The van der Waals surface area contributed by atoms with Crippen molar-refractivity contribution in [3.63, 3.8) is 0 Å². The van der Waals surface area contributed by atoms with Crippen LogP contribution in [0.15, 0.2) is 0 Å². The maximum absolute atomic E-state index is 10.1. The van der Waals surface area contributed by atoms with Crippen LogP contribution in [-0.4, -0.2) is 10.1 Å². The Morgan fingerprint density at radius 3 is 2.00 bits per heavy atom. The van der Waals surface area contributed by atoms with Crippen LogP contribution in [0.2, 0.25) is 0 Å². The molecule has 48 valence electrons. The van der Waals surface area contributed by atoms with Crippen molar-refractivity contribution < 1.29 is 4.79 Å². The number of hydrogen-bond acceptors (Lipinski definition) is 1. The van der Waals surface area contributed by atoms with Gasteiger partial charge in [-0.1, -0.05) is 0 Å². The molecule has 0 unspecified atom stereocenters. The number of alkyl halides is 1. The maximum atomic E-state index is 10.1. The SMILES string of the molecule is CC(C)(Cl)CC(=O)Cl. The van der Waals surface area contributed by atoms with Gasteiger partial charge in [-0.15, -0.1) is 11.6 Å². The van der Waals surface area contributed by atoms with Crippen LogP contribution >= 0.6 is 23.2 Å². The molecule has 0 aliphatic rings. The quantitative estimate of drug-likeness (QED) is 0.441. The molecule has 0 radical (unpaired) electrons. The average Bonchev–Trinajstić information content (AvgIpc) is 1.21. The minimum absolute atomic E-state index is 0.218. The highest BCUT2D eigenvalue weighted by Gasteiger charge is 2.16. The van der Waals surface area contributed by atoms with E-state index in [4.69, 9.17) is 23.2 Å². The summed E-state index contributed by atoms with van der Waals surface area (Å²) in [5.41, 5.74) is 0. The van der Waals surface area contributed by atoms with E-state index in [0.29, 0.717) is 0 Å². The van der Waals surface area contributed by atoms with Gasteiger partial charge in [-0.05, 0) is 25.4 Å². The zero-order valence-electron chi connectivity index (χ0n) is 4.87. The van der Waals surface area contributed by atoms with Crippen molar-refractivity contribution in [1.82, 2.24) is 0 Å². The molecule has 0 atom stereocenters. The molecule has 0 aromatic heterocycles. The van der Waals surface area contributed by atoms with Crippen LogP contribution in [-0.2, 0) is 4.79 Å². The fourth-order valence-electron chi connectivity index (χ4n) is 0.330. The van der Waals surface area contributed by atoms with Gasteiger partial charge in [0.2, 0.25) is 5.24 Å². The predicted molar refractivity (Wildman–Crippen MR) is 35.4 cm³/mol. The molecular weight excluding hydrogens is 147 g/mol. The Labute approximate surface area is 59.0 Å². The smallest absolute Gasteiger partial charge is 0.223 e. The lowest BCUT2D eigenvalue weighted by atomic mass is 10.1. The lowest BCUT2D eigenvalue weighted by molar-refractivity contribution is -0.112. The Hall–Kier alpha value is 0.250. The molecular formula is C5H8Cl2O. The summed E-state index contributed by atoms with van der Waals surface area (Å²) < 4.78 is 0. The second-order valence-corrected chi connectivity index (χ2v) is 3.70. The number of carbonyl (C=O) groups is 1. The molecule has 0 rings (SSSR count). The maximum Gasteiger partial charge on any atom is 0.223 e. The zero-order chi connectivity index (χ0) is 6.78. The average molecular weight is 155 g/mol. The molecule has 0 saturated carbocycles. The largest absolute Gasteiger partial charge is 0.281 e. The molecule has 0 fully saturated rings. The molecule has 0 amide bonds. The van der Waals surface area contributed by atoms with E-state index in [2.05, 4.69) is 0 Å². The molecule has 0 spiro atoms. The van der Waals surface area contributed by atoms with Crippen molar-refractivity contribution in [1.29, 1.82) is 0 Å². The fourth-order valence-corrected chi connectivity index (χ4v) is 0.854. The molecule has 0 heterocycles. The first kappa shape index (κ1) is 8.25. The van der Waals surface area contributed by atoms with E-state index in [1.807, 2.05) is 0 Å². The van der Waals surface area contributed by atoms with E-state index in [9.17, 15) is 4.79 Å². The van der Waals surface area contributed by atoms with Crippen molar-refractivity contribution in [3.8, 4) is 0 Å². The summed E-state index contributed by atoms with van der Waals surface area (Å²) in [4.78, 5) is 9.65. The van der Waals surface area contributed by atoms with Gasteiger partial charge in [0.1, 0.15) is 0 Å². The Morgan fingerprint density at radius 1 is 1.62 bits per heavy atom. The second kappa shape index (κ2) is 2.70. The zero-order valence-corrected chi connectivity index (χ0v) is 6.38. The third kappa shape index (κ3) is 6.25. The van der Waals surface area contributed by atoms with Gasteiger partial charge < -0.3 is 0 Å². The van der Waals surface area contributed by atoms with Crippen LogP contribution in [0.4, 0.5) is 0 Å². The molecule has 8 heavy (non-hydrogen) atoms. The third-order valence-electron chi connectivity index (χ3n) is 0.559. The fraction of sp³-hybridized carbons (Fsp3) is 0.800. The molecule has 0 saturated heterocycles. The molecule has 0 aliphatic heterocycles. The third-order valence-corrected chi connectivity index (χ3v) is 0.827. The van der Waals surface area contributed by atoms with Crippen LogP contribution in [0.25, 0.3) is 0 Å². The molecule has 0 N–H and O–H groups in total. The normalized spacial score (nSPS) is 11.5. The number of hydrogen-bond donors (Lipinski definition) is 0. The van der Waals surface area contributed by atoms with Crippen LogP contribution < -0.4 is 0 Å². The summed E-state index contributed by atoms with van der Waals surface area (Å²) >= 11 is 10.7. The Balaban J connectivity index is 3.55. The van der Waals surface area contributed by atoms with Gasteiger partial charge in [-0.3, -0.25) is 4.79 Å². The predicted octanol–water partition coefficient (Wildman–Crippen LogP) is 2.16. The standard InChI is InChI=1S/C5H8Cl2O/c1-5(2,7)3-4(6)8/h3H2,1-2H3. The van der Waals surface area contributed by atoms with E-state index in [0.717, 1.165) is 0 Å². The highest BCUT2D eigenvalue weighted by molar-refractivity contribution is 6.64. The van der Waals surface area contributed by atoms with E-state index in [1.54, 1.807) is 13.8 Å². The van der Waals surface area contributed by atoms with Gasteiger partial charge in [-0.2, -0.15) is 0 Å². The van der Waals surface area contributed by atoms with Crippen LogP contribution in [0.5, 0.6) is 0 Å². The lowest BCUT2D eigenvalue weighted by Crippen LogP contribution is -2.12.